The number of hydrogen-bond donors (Lipinski definition) is 1. The zero-order chi connectivity index (χ0) is 9.14. The Bertz CT molecular complexity index is 310. The third-order valence-corrected chi connectivity index (χ3v) is 1.97. The van der Waals surface area contributed by atoms with Crippen LogP contribution in [-0.4, -0.2) is 43.2 Å². The summed E-state index contributed by atoms with van der Waals surface area (Å²) in [4.78, 5) is 9.42. The van der Waals surface area contributed by atoms with Gasteiger partial charge in [0.25, 0.3) is 5.69 Å². The van der Waals surface area contributed by atoms with Crippen LogP contribution in [-0.2, 0) is 11.1 Å². The molecule has 0 fully saturated rings. The number of nitro benzene ring substituents is 1. The number of para-hydroxylation sites is 1. The summed E-state index contributed by atoms with van der Waals surface area (Å²) >= 11 is -2.30. The fraction of sp³-hybridized carbons (Fsp3) is 0. The van der Waals surface area contributed by atoms with Gasteiger partial charge in [-0.3, -0.25) is 10.1 Å². The molecule has 0 amide bonds. The predicted molar refractivity (Wildman–Crippen MR) is 47.9 cm³/mol. The summed E-state index contributed by atoms with van der Waals surface area (Å²) in [5, 5.41) is 10.3. The minimum Gasteiger partial charge on any atom is -0.302 e. The van der Waals surface area contributed by atoms with Gasteiger partial charge in [-0.2, -0.15) is 0 Å². The van der Waals surface area contributed by atoms with Crippen LogP contribution >= 0.6 is 0 Å². The molecule has 5 nitrogen and oxygen atoms in total. The minimum atomic E-state index is -2.30. The van der Waals surface area contributed by atoms with E-state index in [1.165, 1.54) is 24.3 Å². The van der Waals surface area contributed by atoms with E-state index in [1.807, 2.05) is 0 Å². The van der Waals surface area contributed by atoms with Crippen LogP contribution < -0.4 is 0 Å². The molecule has 0 aliphatic carbocycles. The molecule has 0 aromatic heterocycles. The van der Waals surface area contributed by atoms with Crippen LogP contribution in [0.4, 0.5) is 5.69 Å². The minimum absolute atomic E-state index is 0. The van der Waals surface area contributed by atoms with Gasteiger partial charge in [-0.05, 0) is 6.07 Å². The topological polar surface area (TPSA) is 80.4 Å². The standard InChI is InChI=1S/C6H5NO4S.Na/c8-7(9)5-3-1-2-4-6(5)12(10)11;/h1-4H,(H,10,11);. The van der Waals surface area contributed by atoms with E-state index >= 15 is 0 Å². The van der Waals surface area contributed by atoms with Crippen LogP contribution in [0, 0.1) is 10.1 Å². The SMILES string of the molecule is O=[N+]([O-])c1ccccc1S(=O)O.[Na]. The Morgan fingerprint density at radius 2 is 1.92 bits per heavy atom. The molecule has 0 spiro atoms. The molecule has 1 unspecified atom stereocenters. The Kier molecular flexibility index (Phi) is 5.34. The fourth-order valence-electron chi connectivity index (χ4n) is 0.756. The van der Waals surface area contributed by atoms with Crippen molar-refractivity contribution in [2.45, 2.75) is 4.90 Å². The molecule has 1 N–H and O–H groups in total. The summed E-state index contributed by atoms with van der Waals surface area (Å²) in [6, 6.07) is 5.34. The number of nitrogens with zero attached hydrogens (tertiary/aromatic N) is 1. The first-order chi connectivity index (χ1) is 5.63. The molecule has 13 heavy (non-hydrogen) atoms. The van der Waals surface area contributed by atoms with E-state index in [4.69, 9.17) is 4.55 Å². The maximum atomic E-state index is 10.5. The van der Waals surface area contributed by atoms with E-state index in [-0.39, 0.29) is 40.1 Å². The first-order valence-corrected chi connectivity index (χ1v) is 4.08. The first kappa shape index (κ1) is 12.7. The summed E-state index contributed by atoms with van der Waals surface area (Å²) in [5.74, 6) is 0. The first-order valence-electron chi connectivity index (χ1n) is 2.97. The van der Waals surface area contributed by atoms with Gasteiger partial charge in [-0.15, -0.1) is 0 Å². The summed E-state index contributed by atoms with van der Waals surface area (Å²) in [6.07, 6.45) is 0. The van der Waals surface area contributed by atoms with Crippen molar-refractivity contribution in [3.05, 3.63) is 34.4 Å². The van der Waals surface area contributed by atoms with Crippen LogP contribution in [0.3, 0.4) is 0 Å². The average Bonchev–Trinajstić information content (AvgIpc) is 2.04. The van der Waals surface area contributed by atoms with Crippen LogP contribution in [0.1, 0.15) is 0 Å². The zero-order valence-electron chi connectivity index (χ0n) is 6.84. The van der Waals surface area contributed by atoms with E-state index in [2.05, 4.69) is 0 Å². The maximum absolute atomic E-state index is 10.5. The van der Waals surface area contributed by atoms with Crippen molar-refractivity contribution in [2.24, 2.45) is 0 Å². The summed E-state index contributed by atoms with van der Waals surface area (Å²) in [5.41, 5.74) is -0.335. The molecule has 0 saturated heterocycles. The third kappa shape index (κ3) is 3.17. The monoisotopic (exact) mass is 210 g/mol. The van der Waals surface area contributed by atoms with Crippen molar-refractivity contribution in [1.29, 1.82) is 0 Å². The van der Waals surface area contributed by atoms with Gasteiger partial charge in [0.2, 0.25) is 0 Å². The predicted octanol–water partition coefficient (Wildman–Crippen LogP) is 0.795. The molecule has 0 heterocycles. The van der Waals surface area contributed by atoms with Gasteiger partial charge in [0.1, 0.15) is 4.90 Å². The third-order valence-electron chi connectivity index (χ3n) is 1.25. The van der Waals surface area contributed by atoms with Crippen LogP contribution in [0.25, 0.3) is 0 Å². The number of rotatable bonds is 2. The van der Waals surface area contributed by atoms with Gasteiger partial charge in [-0.1, -0.05) is 12.1 Å². The molecule has 1 atom stereocenters. The van der Waals surface area contributed by atoms with E-state index in [1.54, 1.807) is 0 Å². The summed E-state index contributed by atoms with van der Waals surface area (Å²) in [7, 11) is 0. The van der Waals surface area contributed by atoms with Crippen molar-refractivity contribution in [1.82, 2.24) is 0 Å². The van der Waals surface area contributed by atoms with E-state index in [9.17, 15) is 14.3 Å². The molecule has 65 valence electrons. The zero-order valence-corrected chi connectivity index (χ0v) is 9.65. The van der Waals surface area contributed by atoms with E-state index in [0.717, 1.165) is 0 Å². The van der Waals surface area contributed by atoms with Gasteiger partial charge in [0.15, 0.2) is 11.1 Å². The number of nitro groups is 1. The molecule has 0 aliphatic rings. The Labute approximate surface area is 98.9 Å². The molecule has 1 aromatic rings. The van der Waals surface area contributed by atoms with Crippen molar-refractivity contribution in [3.63, 3.8) is 0 Å². The van der Waals surface area contributed by atoms with Crippen LogP contribution in [0.15, 0.2) is 29.2 Å². The second-order valence-electron chi connectivity index (χ2n) is 1.97. The smallest absolute Gasteiger partial charge is 0.287 e. The molecular weight excluding hydrogens is 205 g/mol. The van der Waals surface area contributed by atoms with Crippen LogP contribution in [0.5, 0.6) is 0 Å². The number of benzene rings is 1. The van der Waals surface area contributed by atoms with Gasteiger partial charge in [-0.25, -0.2) is 4.21 Å². The van der Waals surface area contributed by atoms with Crippen molar-refractivity contribution in [3.8, 4) is 0 Å². The molecule has 0 saturated carbocycles. The normalized spacial score (nSPS) is 11.5. The Morgan fingerprint density at radius 1 is 1.38 bits per heavy atom. The van der Waals surface area contributed by atoms with Crippen LogP contribution in [0.2, 0.25) is 0 Å². The Balaban J connectivity index is 0.00000144. The average molecular weight is 210 g/mol. The van der Waals surface area contributed by atoms with Crippen molar-refractivity contribution < 1.29 is 13.7 Å². The Morgan fingerprint density at radius 3 is 2.31 bits per heavy atom. The quantitative estimate of drug-likeness (QED) is 0.338. The van der Waals surface area contributed by atoms with E-state index in [0.29, 0.717) is 0 Å². The Hall–Kier alpha value is -0.270. The van der Waals surface area contributed by atoms with Gasteiger partial charge in [0.05, 0.1) is 4.92 Å². The molecule has 1 radical (unpaired) electrons. The second kappa shape index (κ2) is 5.46. The number of hydrogen-bond acceptors (Lipinski definition) is 3. The molecule has 1 aromatic carbocycles. The fourth-order valence-corrected chi connectivity index (χ4v) is 1.27. The van der Waals surface area contributed by atoms with E-state index < -0.39 is 16.0 Å². The molecular formula is C6H5NNaO4S. The summed E-state index contributed by atoms with van der Waals surface area (Å²) < 4.78 is 19.2. The molecule has 7 heteroatoms. The van der Waals surface area contributed by atoms with Gasteiger partial charge in [0, 0.05) is 35.6 Å². The van der Waals surface area contributed by atoms with Gasteiger partial charge < -0.3 is 4.55 Å². The molecule has 1 rings (SSSR count). The van der Waals surface area contributed by atoms with Gasteiger partial charge >= 0.3 is 0 Å². The maximum Gasteiger partial charge on any atom is 0.287 e. The molecule has 0 aliphatic heterocycles. The van der Waals surface area contributed by atoms with Crippen molar-refractivity contribution in [2.75, 3.05) is 0 Å². The largest absolute Gasteiger partial charge is 0.302 e. The summed E-state index contributed by atoms with van der Waals surface area (Å²) in [6.45, 7) is 0. The second-order valence-corrected chi connectivity index (χ2v) is 2.91. The van der Waals surface area contributed by atoms with Crippen molar-refractivity contribution >= 4 is 46.3 Å². The molecule has 0 bridgehead atoms.